The number of ether oxygens (including phenoxy) is 1. The molecule has 1 aromatic carbocycles. The molecule has 6 nitrogen and oxygen atoms in total. The number of nitro benzene ring substituents is 1. The number of aliphatic hydroxyl groups excluding tert-OH is 1. The van der Waals surface area contributed by atoms with Crippen molar-refractivity contribution in [3.8, 4) is 5.75 Å². The summed E-state index contributed by atoms with van der Waals surface area (Å²) >= 11 is 0. The minimum Gasteiger partial charge on any atom is -0.494 e. The molecule has 110 valence electrons. The molecule has 0 amide bonds. The van der Waals surface area contributed by atoms with Gasteiger partial charge in [-0.1, -0.05) is 0 Å². The highest BCUT2D eigenvalue weighted by atomic mass is 16.6. The van der Waals surface area contributed by atoms with E-state index in [2.05, 4.69) is 5.32 Å². The summed E-state index contributed by atoms with van der Waals surface area (Å²) in [6.07, 6.45) is 3.06. The molecule has 0 aliphatic heterocycles. The normalized spacial score (nSPS) is 22.3. The Morgan fingerprint density at radius 3 is 2.65 bits per heavy atom. The van der Waals surface area contributed by atoms with E-state index < -0.39 is 4.92 Å². The zero-order valence-electron chi connectivity index (χ0n) is 11.5. The van der Waals surface area contributed by atoms with Gasteiger partial charge < -0.3 is 15.2 Å². The van der Waals surface area contributed by atoms with Crippen LogP contribution in [0.25, 0.3) is 0 Å². The Hall–Kier alpha value is -1.82. The highest BCUT2D eigenvalue weighted by molar-refractivity contribution is 5.56. The fourth-order valence-corrected chi connectivity index (χ4v) is 2.48. The van der Waals surface area contributed by atoms with Crippen molar-refractivity contribution in [3.63, 3.8) is 0 Å². The van der Waals surface area contributed by atoms with Crippen LogP contribution in [0.5, 0.6) is 5.75 Å². The van der Waals surface area contributed by atoms with Gasteiger partial charge in [0.2, 0.25) is 0 Å². The monoisotopic (exact) mass is 280 g/mol. The number of nitro groups is 1. The number of aliphatic hydroxyl groups is 1. The quantitative estimate of drug-likeness (QED) is 0.640. The largest absolute Gasteiger partial charge is 0.494 e. The van der Waals surface area contributed by atoms with Gasteiger partial charge in [-0.2, -0.15) is 0 Å². The smallest absolute Gasteiger partial charge is 0.275 e. The Balaban J connectivity index is 2.11. The van der Waals surface area contributed by atoms with Crippen molar-refractivity contribution in [2.45, 2.75) is 44.8 Å². The Kier molecular flexibility index (Phi) is 4.79. The molecule has 1 aromatic rings. The van der Waals surface area contributed by atoms with Crippen LogP contribution in [0, 0.1) is 10.1 Å². The standard InChI is InChI=1S/C14H20N2O4/c1-2-20-14-8-11(7-12(9-14)16(18)19)15-10-3-5-13(17)6-4-10/h7-10,13,15,17H,2-6H2,1H3. The SMILES string of the molecule is CCOc1cc(NC2CCC(O)CC2)cc([N+](=O)[O-])c1. The molecule has 0 unspecified atom stereocenters. The molecule has 0 atom stereocenters. The van der Waals surface area contributed by atoms with Crippen LogP contribution >= 0.6 is 0 Å². The number of benzene rings is 1. The molecule has 0 saturated heterocycles. The molecule has 0 bridgehead atoms. The van der Waals surface area contributed by atoms with E-state index in [0.29, 0.717) is 18.0 Å². The van der Waals surface area contributed by atoms with Crippen molar-refractivity contribution in [2.75, 3.05) is 11.9 Å². The second-order valence-electron chi connectivity index (χ2n) is 5.06. The van der Waals surface area contributed by atoms with Crippen LogP contribution in [-0.2, 0) is 0 Å². The number of non-ortho nitro benzene ring substituents is 1. The molecule has 0 heterocycles. The number of anilines is 1. The predicted molar refractivity (Wildman–Crippen MR) is 76.2 cm³/mol. The van der Waals surface area contributed by atoms with E-state index >= 15 is 0 Å². The zero-order chi connectivity index (χ0) is 14.5. The Bertz CT molecular complexity index is 470. The summed E-state index contributed by atoms with van der Waals surface area (Å²) in [6, 6.07) is 4.98. The van der Waals surface area contributed by atoms with E-state index in [0.717, 1.165) is 25.7 Å². The van der Waals surface area contributed by atoms with Crippen molar-refractivity contribution in [2.24, 2.45) is 0 Å². The maximum Gasteiger partial charge on any atom is 0.275 e. The molecule has 0 spiro atoms. The molecule has 20 heavy (non-hydrogen) atoms. The van der Waals surface area contributed by atoms with E-state index in [1.807, 2.05) is 6.92 Å². The van der Waals surface area contributed by atoms with E-state index in [-0.39, 0.29) is 17.8 Å². The second-order valence-corrected chi connectivity index (χ2v) is 5.06. The third-order valence-electron chi connectivity index (χ3n) is 3.48. The number of hydrogen-bond acceptors (Lipinski definition) is 5. The van der Waals surface area contributed by atoms with Gasteiger partial charge in [-0.25, -0.2) is 0 Å². The van der Waals surface area contributed by atoms with Crippen LogP contribution in [0.2, 0.25) is 0 Å². The van der Waals surface area contributed by atoms with Crippen molar-refractivity contribution in [1.82, 2.24) is 0 Å². The van der Waals surface area contributed by atoms with Gasteiger partial charge in [-0.05, 0) is 32.6 Å². The lowest BCUT2D eigenvalue weighted by molar-refractivity contribution is -0.384. The van der Waals surface area contributed by atoms with Gasteiger partial charge in [-0.3, -0.25) is 10.1 Å². The second kappa shape index (κ2) is 6.56. The number of hydrogen-bond donors (Lipinski definition) is 2. The summed E-state index contributed by atoms with van der Waals surface area (Å²) in [7, 11) is 0. The lowest BCUT2D eigenvalue weighted by atomic mass is 9.93. The molecule has 2 rings (SSSR count). The first-order valence-electron chi connectivity index (χ1n) is 6.95. The van der Waals surface area contributed by atoms with Gasteiger partial charge >= 0.3 is 0 Å². The number of nitrogens with zero attached hydrogens (tertiary/aromatic N) is 1. The zero-order valence-corrected chi connectivity index (χ0v) is 11.5. The first-order valence-corrected chi connectivity index (χ1v) is 6.95. The molecule has 1 aliphatic rings. The van der Waals surface area contributed by atoms with E-state index in [1.165, 1.54) is 12.1 Å². The molecule has 1 saturated carbocycles. The summed E-state index contributed by atoms with van der Waals surface area (Å²) in [5.74, 6) is 0.500. The Morgan fingerprint density at radius 1 is 1.35 bits per heavy atom. The highest BCUT2D eigenvalue weighted by Gasteiger charge is 2.20. The van der Waals surface area contributed by atoms with Crippen LogP contribution in [-0.4, -0.2) is 28.8 Å². The van der Waals surface area contributed by atoms with Gasteiger partial charge in [0, 0.05) is 23.9 Å². The van der Waals surface area contributed by atoms with Crippen molar-refractivity contribution < 1.29 is 14.8 Å². The molecule has 1 aliphatic carbocycles. The minimum atomic E-state index is -0.418. The predicted octanol–water partition coefficient (Wildman–Crippen LogP) is 2.71. The van der Waals surface area contributed by atoms with Crippen molar-refractivity contribution >= 4 is 11.4 Å². The van der Waals surface area contributed by atoms with Crippen LogP contribution in [0.15, 0.2) is 18.2 Å². The lowest BCUT2D eigenvalue weighted by Gasteiger charge is -2.27. The Labute approximate surface area is 117 Å². The third kappa shape index (κ3) is 3.84. The van der Waals surface area contributed by atoms with Crippen LogP contribution in [0.4, 0.5) is 11.4 Å². The number of rotatable bonds is 5. The average Bonchev–Trinajstić information content (AvgIpc) is 2.41. The molecular weight excluding hydrogens is 260 g/mol. The average molecular weight is 280 g/mol. The summed E-state index contributed by atoms with van der Waals surface area (Å²) in [5, 5.41) is 23.7. The maximum absolute atomic E-state index is 10.9. The topological polar surface area (TPSA) is 84.6 Å². The summed E-state index contributed by atoms with van der Waals surface area (Å²) in [5.41, 5.74) is 0.721. The Morgan fingerprint density at radius 2 is 2.05 bits per heavy atom. The van der Waals surface area contributed by atoms with Crippen molar-refractivity contribution in [3.05, 3.63) is 28.3 Å². The van der Waals surface area contributed by atoms with Crippen LogP contribution < -0.4 is 10.1 Å². The van der Waals surface area contributed by atoms with Gasteiger partial charge in [0.05, 0.1) is 23.7 Å². The summed E-state index contributed by atoms with van der Waals surface area (Å²) < 4.78 is 5.36. The molecule has 1 fully saturated rings. The fourth-order valence-electron chi connectivity index (χ4n) is 2.48. The van der Waals surface area contributed by atoms with Crippen LogP contribution in [0.1, 0.15) is 32.6 Å². The molecule has 0 aromatic heterocycles. The maximum atomic E-state index is 10.9. The number of nitrogens with one attached hydrogen (secondary N) is 1. The van der Waals surface area contributed by atoms with Gasteiger partial charge in [0.1, 0.15) is 5.75 Å². The fraction of sp³-hybridized carbons (Fsp3) is 0.571. The molecule has 6 heteroatoms. The van der Waals surface area contributed by atoms with E-state index in [1.54, 1.807) is 6.07 Å². The minimum absolute atomic E-state index is 0.0225. The van der Waals surface area contributed by atoms with E-state index in [4.69, 9.17) is 4.74 Å². The third-order valence-corrected chi connectivity index (χ3v) is 3.48. The first-order chi connectivity index (χ1) is 9.58. The lowest BCUT2D eigenvalue weighted by Crippen LogP contribution is -2.28. The van der Waals surface area contributed by atoms with Gasteiger partial charge in [0.25, 0.3) is 5.69 Å². The first kappa shape index (κ1) is 14.6. The highest BCUT2D eigenvalue weighted by Crippen LogP contribution is 2.29. The molecular formula is C14H20N2O4. The molecule has 2 N–H and O–H groups in total. The van der Waals surface area contributed by atoms with E-state index in [9.17, 15) is 15.2 Å². The van der Waals surface area contributed by atoms with Gasteiger partial charge in [0.15, 0.2) is 0 Å². The summed E-state index contributed by atoms with van der Waals surface area (Å²) in [4.78, 5) is 10.5. The van der Waals surface area contributed by atoms with Crippen molar-refractivity contribution in [1.29, 1.82) is 0 Å². The summed E-state index contributed by atoms with van der Waals surface area (Å²) in [6.45, 7) is 2.31. The van der Waals surface area contributed by atoms with Crippen LogP contribution in [0.3, 0.4) is 0 Å². The van der Waals surface area contributed by atoms with Gasteiger partial charge in [-0.15, -0.1) is 0 Å². The molecule has 0 radical (unpaired) electrons.